The monoisotopic (exact) mass is 399 g/mol. The Hall–Kier alpha value is -2.53. The molecule has 6 heteroatoms. The summed E-state index contributed by atoms with van der Waals surface area (Å²) in [4.78, 5) is 13.8. The Kier molecular flexibility index (Phi) is 5.27. The van der Waals surface area contributed by atoms with Gasteiger partial charge in [0.05, 0.1) is 12.2 Å². The van der Waals surface area contributed by atoms with Gasteiger partial charge in [0, 0.05) is 34.5 Å². The molecule has 1 aliphatic carbocycles. The fraction of sp³-hybridized carbons (Fsp3) is 0.364. The molecular formula is C22H24ClN2O3+. The molecule has 0 radical (unpaired) electrons. The Morgan fingerprint density at radius 2 is 1.93 bits per heavy atom. The van der Waals surface area contributed by atoms with Crippen molar-refractivity contribution < 1.29 is 19.5 Å². The second-order valence-corrected chi connectivity index (χ2v) is 7.63. The van der Waals surface area contributed by atoms with E-state index in [4.69, 9.17) is 16.3 Å². The summed E-state index contributed by atoms with van der Waals surface area (Å²) in [5.41, 5.74) is 6.61. The molecule has 28 heavy (non-hydrogen) atoms. The maximum Gasteiger partial charge on any atom is 0.409 e. The number of carbonyl (C=O) groups is 1. The zero-order valence-electron chi connectivity index (χ0n) is 15.9. The van der Waals surface area contributed by atoms with Gasteiger partial charge in [0.1, 0.15) is 0 Å². The summed E-state index contributed by atoms with van der Waals surface area (Å²) >= 11 is 6.26. The second-order valence-electron chi connectivity index (χ2n) is 7.19. The van der Waals surface area contributed by atoms with Gasteiger partial charge in [-0.25, -0.2) is 4.79 Å². The highest BCUT2D eigenvalue weighted by molar-refractivity contribution is 6.30. The molecule has 0 unspecified atom stereocenters. The quantitative estimate of drug-likeness (QED) is 0.582. The van der Waals surface area contributed by atoms with E-state index in [1.807, 2.05) is 25.1 Å². The lowest BCUT2D eigenvalue weighted by molar-refractivity contribution is -0.906. The van der Waals surface area contributed by atoms with Crippen LogP contribution < -0.4 is 4.73 Å². The molecule has 1 fully saturated rings. The van der Waals surface area contributed by atoms with Crippen molar-refractivity contribution in [1.82, 2.24) is 4.90 Å². The first kappa shape index (κ1) is 18.8. The molecular weight excluding hydrogens is 376 g/mol. The lowest BCUT2D eigenvalue weighted by atomic mass is 9.88. The molecule has 146 valence electrons. The van der Waals surface area contributed by atoms with Gasteiger partial charge in [-0.1, -0.05) is 23.2 Å². The van der Waals surface area contributed by atoms with Crippen molar-refractivity contribution in [3.8, 4) is 0 Å². The molecule has 2 aliphatic rings. The second kappa shape index (κ2) is 7.84. The molecule has 1 saturated heterocycles. The maximum atomic E-state index is 12.1. The van der Waals surface area contributed by atoms with Crippen LogP contribution >= 0.6 is 11.6 Å². The van der Waals surface area contributed by atoms with Gasteiger partial charge in [0.25, 0.3) is 5.69 Å². The van der Waals surface area contributed by atoms with E-state index >= 15 is 0 Å². The highest BCUT2D eigenvalue weighted by atomic mass is 35.5. The molecule has 4 rings (SSSR count). The minimum atomic E-state index is -0.253. The van der Waals surface area contributed by atoms with Crippen LogP contribution in [0.5, 0.6) is 0 Å². The van der Waals surface area contributed by atoms with Gasteiger partial charge in [-0.05, 0) is 61.9 Å². The summed E-state index contributed by atoms with van der Waals surface area (Å²) in [6.07, 6.45) is 4.65. The number of nitrogens with zero attached hydrogens (tertiary/aromatic N) is 2. The van der Waals surface area contributed by atoms with Crippen molar-refractivity contribution in [3.05, 3.63) is 69.5 Å². The Bertz CT molecular complexity index is 945. The van der Waals surface area contributed by atoms with Crippen LogP contribution in [0.1, 0.15) is 42.1 Å². The molecule has 0 atom stereocenters. The molecule has 1 aromatic carbocycles. The lowest BCUT2D eigenvalue weighted by Gasteiger charge is -2.29. The molecule has 0 bridgehead atoms. The molecule has 5 nitrogen and oxygen atoms in total. The van der Waals surface area contributed by atoms with Gasteiger partial charge in [-0.2, -0.15) is 0 Å². The number of hydrogen-bond acceptors (Lipinski definition) is 3. The van der Waals surface area contributed by atoms with Crippen molar-refractivity contribution >= 4 is 23.3 Å². The Morgan fingerprint density at radius 1 is 1.18 bits per heavy atom. The number of hydrogen-bond donors (Lipinski definition) is 1. The van der Waals surface area contributed by atoms with Crippen LogP contribution in [0.15, 0.2) is 42.1 Å². The summed E-state index contributed by atoms with van der Waals surface area (Å²) < 4.78 is 6.37. The van der Waals surface area contributed by atoms with Crippen LogP contribution in [0.2, 0.25) is 5.02 Å². The molecule has 0 saturated carbocycles. The first-order chi connectivity index (χ1) is 13.6. The van der Waals surface area contributed by atoms with Crippen LogP contribution in [0.4, 0.5) is 4.79 Å². The Balaban J connectivity index is 1.80. The van der Waals surface area contributed by atoms with E-state index in [0.29, 0.717) is 19.7 Å². The summed E-state index contributed by atoms with van der Waals surface area (Å²) in [6.45, 7) is 3.44. The number of aryl methyl sites for hydroxylation is 2. The van der Waals surface area contributed by atoms with E-state index < -0.39 is 0 Å². The van der Waals surface area contributed by atoms with Gasteiger partial charge >= 0.3 is 6.09 Å². The lowest BCUT2D eigenvalue weighted by Crippen LogP contribution is -2.38. The zero-order valence-corrected chi connectivity index (χ0v) is 16.7. The van der Waals surface area contributed by atoms with Crippen molar-refractivity contribution in [2.45, 2.75) is 32.6 Å². The SMILES string of the molecule is CCOC(=O)N1CCC(=C2c3ccc(Cl)cc3CCc3ccc[n+](O)c32)CC1. The fourth-order valence-electron chi connectivity index (χ4n) is 4.21. The number of fused-ring (bicyclic) bond motifs is 2. The van der Waals surface area contributed by atoms with E-state index in [0.717, 1.165) is 53.1 Å². The first-order valence-corrected chi connectivity index (χ1v) is 10.1. The smallest absolute Gasteiger partial charge is 0.409 e. The highest BCUT2D eigenvalue weighted by Gasteiger charge is 2.32. The maximum absolute atomic E-state index is 12.1. The van der Waals surface area contributed by atoms with Crippen LogP contribution in [-0.4, -0.2) is 35.9 Å². The Morgan fingerprint density at radius 3 is 2.68 bits per heavy atom. The van der Waals surface area contributed by atoms with E-state index in [-0.39, 0.29) is 6.09 Å². The van der Waals surface area contributed by atoms with Crippen LogP contribution in [0, 0.1) is 0 Å². The summed E-state index contributed by atoms with van der Waals surface area (Å²) in [5.74, 6) is 0. The predicted molar refractivity (Wildman–Crippen MR) is 107 cm³/mol. The molecule has 0 spiro atoms. The van der Waals surface area contributed by atoms with E-state index in [1.54, 1.807) is 11.1 Å². The number of piperidine rings is 1. The van der Waals surface area contributed by atoms with Crippen molar-refractivity contribution in [2.24, 2.45) is 0 Å². The van der Waals surface area contributed by atoms with Gasteiger partial charge in [0.2, 0.25) is 6.20 Å². The fourth-order valence-corrected chi connectivity index (χ4v) is 4.40. The summed E-state index contributed by atoms with van der Waals surface area (Å²) in [7, 11) is 0. The number of amides is 1. The number of benzene rings is 1. The molecule has 1 amide bonds. The predicted octanol–water partition coefficient (Wildman–Crippen LogP) is 4.02. The number of halogens is 1. The zero-order chi connectivity index (χ0) is 19.7. The highest BCUT2D eigenvalue weighted by Crippen LogP contribution is 2.37. The van der Waals surface area contributed by atoms with Crippen LogP contribution in [0.3, 0.4) is 0 Å². The van der Waals surface area contributed by atoms with Gasteiger partial charge in [0.15, 0.2) is 0 Å². The van der Waals surface area contributed by atoms with Gasteiger partial charge in [-0.15, -0.1) is 0 Å². The minimum Gasteiger partial charge on any atom is -0.450 e. The molecule has 1 aromatic heterocycles. The normalized spacial score (nSPS) is 16.3. The van der Waals surface area contributed by atoms with Crippen molar-refractivity contribution in [3.63, 3.8) is 0 Å². The summed E-state index contributed by atoms with van der Waals surface area (Å²) in [6, 6.07) is 9.93. The summed E-state index contributed by atoms with van der Waals surface area (Å²) in [5, 5.41) is 11.4. The van der Waals surface area contributed by atoms with E-state index in [2.05, 4.69) is 12.1 Å². The average Bonchev–Trinajstić information content (AvgIpc) is 2.86. The standard InChI is InChI=1S/C22H24ClN2O3/c1-2-28-22(26)24-12-9-15(10-13-24)20-19-8-7-18(23)14-17(19)6-5-16-4-3-11-25(27)21(16)20/h3-4,7-8,11,14,27H,2,5-6,9-10,12-13H2,1H3/q+1. The number of ether oxygens (including phenoxy) is 1. The molecule has 1 N–H and O–H groups in total. The third-order valence-electron chi connectivity index (χ3n) is 5.54. The largest absolute Gasteiger partial charge is 0.450 e. The van der Waals surface area contributed by atoms with Crippen molar-refractivity contribution in [1.29, 1.82) is 0 Å². The van der Waals surface area contributed by atoms with E-state index in [9.17, 15) is 10.0 Å². The number of carbonyl (C=O) groups excluding carboxylic acids is 1. The topological polar surface area (TPSA) is 53.7 Å². The molecule has 2 heterocycles. The first-order valence-electron chi connectivity index (χ1n) is 9.74. The molecule has 1 aliphatic heterocycles. The molecule has 2 aromatic rings. The van der Waals surface area contributed by atoms with Crippen LogP contribution in [-0.2, 0) is 17.6 Å². The average molecular weight is 400 g/mol. The third kappa shape index (κ3) is 3.47. The Labute approximate surface area is 169 Å². The number of aromatic nitrogens is 1. The minimum absolute atomic E-state index is 0.253. The number of likely N-dealkylation sites (tertiary alicyclic amines) is 1. The number of rotatable bonds is 1. The number of pyridine rings is 1. The van der Waals surface area contributed by atoms with E-state index in [1.165, 1.54) is 15.9 Å². The third-order valence-corrected chi connectivity index (χ3v) is 5.78. The van der Waals surface area contributed by atoms with Crippen molar-refractivity contribution in [2.75, 3.05) is 19.7 Å². The van der Waals surface area contributed by atoms with Gasteiger partial charge in [-0.3, -0.25) is 5.21 Å². The van der Waals surface area contributed by atoms with Gasteiger partial charge < -0.3 is 9.64 Å². The van der Waals surface area contributed by atoms with Crippen LogP contribution in [0.25, 0.3) is 5.57 Å².